The number of nitrogens with one attached hydrogen (secondary N) is 1. The Bertz CT molecular complexity index is 360. The fourth-order valence-electron chi connectivity index (χ4n) is 2.34. The molecule has 1 rings (SSSR count). The van der Waals surface area contributed by atoms with Crippen molar-refractivity contribution in [3.8, 4) is 5.75 Å². The number of para-hydroxylation sites is 1. The Balaban J connectivity index is 2.92. The number of rotatable bonds is 7. The van der Waals surface area contributed by atoms with E-state index in [1.807, 2.05) is 13.1 Å². The highest BCUT2D eigenvalue weighted by atomic mass is 16.5. The Morgan fingerprint density at radius 1 is 1.28 bits per heavy atom. The van der Waals surface area contributed by atoms with Gasteiger partial charge in [0.1, 0.15) is 5.75 Å². The van der Waals surface area contributed by atoms with Crippen molar-refractivity contribution in [1.82, 2.24) is 5.32 Å². The summed E-state index contributed by atoms with van der Waals surface area (Å²) in [6.07, 6.45) is 2.14. The smallest absolute Gasteiger partial charge is 0.123 e. The maximum atomic E-state index is 5.87. The molecule has 2 heteroatoms. The van der Waals surface area contributed by atoms with E-state index >= 15 is 0 Å². The van der Waals surface area contributed by atoms with Crippen molar-refractivity contribution in [3.63, 3.8) is 0 Å². The van der Waals surface area contributed by atoms with Crippen LogP contribution in [0.2, 0.25) is 0 Å². The van der Waals surface area contributed by atoms with Gasteiger partial charge < -0.3 is 10.1 Å². The van der Waals surface area contributed by atoms with Gasteiger partial charge in [0.2, 0.25) is 0 Å². The van der Waals surface area contributed by atoms with Crippen molar-refractivity contribution in [3.05, 3.63) is 29.8 Å². The third-order valence-corrected chi connectivity index (χ3v) is 3.39. The molecule has 0 aromatic heterocycles. The highest BCUT2D eigenvalue weighted by Gasteiger charge is 2.26. The summed E-state index contributed by atoms with van der Waals surface area (Å²) in [6, 6.07) is 8.91. The van der Waals surface area contributed by atoms with E-state index in [1.54, 1.807) is 0 Å². The average molecular weight is 249 g/mol. The van der Waals surface area contributed by atoms with Gasteiger partial charge in [-0.1, -0.05) is 39.0 Å². The first-order valence-electron chi connectivity index (χ1n) is 6.91. The van der Waals surface area contributed by atoms with Crippen molar-refractivity contribution in [2.45, 2.75) is 52.0 Å². The van der Waals surface area contributed by atoms with Gasteiger partial charge in [-0.25, -0.2) is 0 Å². The zero-order valence-electron chi connectivity index (χ0n) is 12.4. The first kappa shape index (κ1) is 15.0. The van der Waals surface area contributed by atoms with Crippen LogP contribution in [0.25, 0.3) is 0 Å². The molecule has 1 aromatic carbocycles. The lowest BCUT2D eigenvalue weighted by molar-refractivity contribution is 0.301. The van der Waals surface area contributed by atoms with Crippen molar-refractivity contribution in [2.24, 2.45) is 0 Å². The molecule has 0 heterocycles. The summed E-state index contributed by atoms with van der Waals surface area (Å²) >= 11 is 0. The molecule has 0 radical (unpaired) electrons. The first-order valence-corrected chi connectivity index (χ1v) is 6.91. The molecule has 18 heavy (non-hydrogen) atoms. The SMILES string of the molecule is CCCOc1ccccc1C(C)(C)CC(C)NC. The third-order valence-electron chi connectivity index (χ3n) is 3.39. The molecule has 102 valence electrons. The van der Waals surface area contributed by atoms with Crippen LogP contribution >= 0.6 is 0 Å². The number of benzene rings is 1. The zero-order chi connectivity index (χ0) is 13.6. The second-order valence-corrected chi connectivity index (χ2v) is 5.62. The van der Waals surface area contributed by atoms with Gasteiger partial charge in [0, 0.05) is 6.04 Å². The molecule has 1 unspecified atom stereocenters. The quantitative estimate of drug-likeness (QED) is 0.794. The van der Waals surface area contributed by atoms with Crippen LogP contribution in [0.4, 0.5) is 0 Å². The zero-order valence-corrected chi connectivity index (χ0v) is 12.4. The first-order chi connectivity index (χ1) is 8.51. The standard InChI is InChI=1S/C16H27NO/c1-6-11-18-15-10-8-7-9-14(15)16(3,4)12-13(2)17-5/h7-10,13,17H,6,11-12H2,1-5H3. The minimum Gasteiger partial charge on any atom is -0.493 e. The van der Waals surface area contributed by atoms with Crippen molar-refractivity contribution < 1.29 is 4.74 Å². The van der Waals surface area contributed by atoms with Crippen LogP contribution in [0.15, 0.2) is 24.3 Å². The van der Waals surface area contributed by atoms with Gasteiger partial charge in [0.25, 0.3) is 0 Å². The molecule has 0 bridgehead atoms. The van der Waals surface area contributed by atoms with E-state index in [-0.39, 0.29) is 5.41 Å². The maximum Gasteiger partial charge on any atom is 0.123 e. The number of ether oxygens (including phenoxy) is 1. The highest BCUT2D eigenvalue weighted by molar-refractivity contribution is 5.39. The van der Waals surface area contributed by atoms with E-state index in [0.717, 1.165) is 25.2 Å². The monoisotopic (exact) mass is 249 g/mol. The summed E-state index contributed by atoms with van der Waals surface area (Å²) in [5.74, 6) is 1.03. The van der Waals surface area contributed by atoms with E-state index in [2.05, 4.69) is 51.2 Å². The van der Waals surface area contributed by atoms with E-state index in [1.165, 1.54) is 5.56 Å². The van der Waals surface area contributed by atoms with Crippen LogP contribution in [0.1, 0.15) is 46.1 Å². The summed E-state index contributed by atoms with van der Waals surface area (Å²) in [4.78, 5) is 0. The molecule has 0 amide bonds. The molecule has 0 spiro atoms. The average Bonchev–Trinajstić information content (AvgIpc) is 2.36. The largest absolute Gasteiger partial charge is 0.493 e. The fraction of sp³-hybridized carbons (Fsp3) is 0.625. The molecule has 2 nitrogen and oxygen atoms in total. The maximum absolute atomic E-state index is 5.87. The van der Waals surface area contributed by atoms with Crippen LogP contribution in [-0.4, -0.2) is 19.7 Å². The van der Waals surface area contributed by atoms with Gasteiger partial charge in [0.15, 0.2) is 0 Å². The molecule has 0 saturated carbocycles. The lowest BCUT2D eigenvalue weighted by Gasteiger charge is -2.30. The van der Waals surface area contributed by atoms with E-state index < -0.39 is 0 Å². The van der Waals surface area contributed by atoms with Gasteiger partial charge in [0.05, 0.1) is 6.61 Å². The molecule has 0 aliphatic carbocycles. The van der Waals surface area contributed by atoms with Crippen LogP contribution in [0.3, 0.4) is 0 Å². The van der Waals surface area contributed by atoms with Crippen molar-refractivity contribution in [2.75, 3.05) is 13.7 Å². The predicted molar refractivity (Wildman–Crippen MR) is 78.4 cm³/mol. The molecular weight excluding hydrogens is 222 g/mol. The molecule has 1 atom stereocenters. The van der Waals surface area contributed by atoms with Gasteiger partial charge in [-0.05, 0) is 43.9 Å². The van der Waals surface area contributed by atoms with Gasteiger partial charge >= 0.3 is 0 Å². The van der Waals surface area contributed by atoms with Crippen molar-refractivity contribution in [1.29, 1.82) is 0 Å². The van der Waals surface area contributed by atoms with E-state index in [0.29, 0.717) is 6.04 Å². The van der Waals surface area contributed by atoms with E-state index in [4.69, 9.17) is 4.74 Å². The Morgan fingerprint density at radius 3 is 2.56 bits per heavy atom. The molecule has 0 saturated heterocycles. The Morgan fingerprint density at radius 2 is 1.94 bits per heavy atom. The predicted octanol–water partition coefficient (Wildman–Crippen LogP) is 3.75. The van der Waals surface area contributed by atoms with Crippen LogP contribution in [0.5, 0.6) is 5.75 Å². The lowest BCUT2D eigenvalue weighted by Crippen LogP contribution is -2.31. The molecule has 0 aliphatic rings. The number of hydrogen-bond acceptors (Lipinski definition) is 2. The van der Waals surface area contributed by atoms with Gasteiger partial charge in [-0.2, -0.15) is 0 Å². The Hall–Kier alpha value is -1.02. The third kappa shape index (κ3) is 4.02. The van der Waals surface area contributed by atoms with Gasteiger partial charge in [-0.15, -0.1) is 0 Å². The molecule has 1 aromatic rings. The summed E-state index contributed by atoms with van der Waals surface area (Å²) in [5.41, 5.74) is 1.42. The van der Waals surface area contributed by atoms with Gasteiger partial charge in [-0.3, -0.25) is 0 Å². The molecule has 0 aliphatic heterocycles. The normalized spacial score (nSPS) is 13.4. The Kier molecular flexibility index (Phi) is 5.67. The van der Waals surface area contributed by atoms with E-state index in [9.17, 15) is 0 Å². The molecular formula is C16H27NO. The second-order valence-electron chi connectivity index (χ2n) is 5.62. The van der Waals surface area contributed by atoms with Crippen LogP contribution in [-0.2, 0) is 5.41 Å². The second kappa shape index (κ2) is 6.79. The van der Waals surface area contributed by atoms with Crippen molar-refractivity contribution >= 4 is 0 Å². The summed E-state index contributed by atoms with van der Waals surface area (Å²) in [7, 11) is 2.01. The highest BCUT2D eigenvalue weighted by Crippen LogP contribution is 2.35. The summed E-state index contributed by atoms with van der Waals surface area (Å²) < 4.78 is 5.87. The minimum absolute atomic E-state index is 0.118. The lowest BCUT2D eigenvalue weighted by atomic mass is 9.79. The van der Waals surface area contributed by atoms with Crippen LogP contribution in [0, 0.1) is 0 Å². The minimum atomic E-state index is 0.118. The molecule has 1 N–H and O–H groups in total. The van der Waals surface area contributed by atoms with Crippen LogP contribution < -0.4 is 10.1 Å². The number of hydrogen-bond donors (Lipinski definition) is 1. The topological polar surface area (TPSA) is 21.3 Å². The summed E-state index contributed by atoms with van der Waals surface area (Å²) in [5, 5.41) is 3.31. The molecule has 0 fully saturated rings. The Labute approximate surface area is 112 Å². The fourth-order valence-corrected chi connectivity index (χ4v) is 2.34. The summed E-state index contributed by atoms with van der Waals surface area (Å²) in [6.45, 7) is 9.72.